The second-order valence-corrected chi connectivity index (χ2v) is 4.20. The zero-order valence-electron chi connectivity index (χ0n) is 9.93. The fraction of sp³-hybridized carbons (Fsp3) is 0. The molecule has 8 N–H and O–H groups in total. The average Bonchev–Trinajstić information content (AvgIpc) is 2.23. The molecule has 4 nitrogen and oxygen atoms in total. The first kappa shape index (κ1) is 11.9. The third-order valence-corrected chi connectivity index (χ3v) is 2.47. The van der Waals surface area contributed by atoms with Gasteiger partial charge in [-0.15, -0.1) is 0 Å². The van der Waals surface area contributed by atoms with Crippen LogP contribution >= 0.6 is 0 Å². The standard InChI is InChI=1S/C14H16N4/c15-11-3-9(4-12(16)7-11)1-2-10-5-13(17)8-14(18)6-10/h1-8H,15-18H2/b2-1+. The van der Waals surface area contributed by atoms with Gasteiger partial charge in [0.2, 0.25) is 0 Å². The molecule has 0 atom stereocenters. The Kier molecular flexibility index (Phi) is 3.10. The van der Waals surface area contributed by atoms with Crippen LogP contribution in [0.5, 0.6) is 0 Å². The molecule has 0 aliphatic heterocycles. The summed E-state index contributed by atoms with van der Waals surface area (Å²) >= 11 is 0. The fourth-order valence-corrected chi connectivity index (χ4v) is 1.79. The Balaban J connectivity index is 2.29. The lowest BCUT2D eigenvalue weighted by atomic mass is 10.1. The summed E-state index contributed by atoms with van der Waals surface area (Å²) in [6, 6.07) is 10.8. The molecule has 0 amide bonds. The molecule has 0 bridgehead atoms. The van der Waals surface area contributed by atoms with Crippen LogP contribution in [0.15, 0.2) is 36.4 Å². The number of anilines is 4. The van der Waals surface area contributed by atoms with Gasteiger partial charge in [0.25, 0.3) is 0 Å². The van der Waals surface area contributed by atoms with Gasteiger partial charge in [0.05, 0.1) is 0 Å². The maximum atomic E-state index is 5.72. The Morgan fingerprint density at radius 1 is 0.500 bits per heavy atom. The summed E-state index contributed by atoms with van der Waals surface area (Å²) in [4.78, 5) is 0. The van der Waals surface area contributed by atoms with Crippen LogP contribution in [0.25, 0.3) is 12.2 Å². The molecule has 0 aliphatic carbocycles. The van der Waals surface area contributed by atoms with Crippen molar-refractivity contribution in [3.05, 3.63) is 47.5 Å². The van der Waals surface area contributed by atoms with Crippen molar-refractivity contribution in [3.63, 3.8) is 0 Å². The summed E-state index contributed by atoms with van der Waals surface area (Å²) in [7, 11) is 0. The summed E-state index contributed by atoms with van der Waals surface area (Å²) in [6.07, 6.45) is 3.84. The van der Waals surface area contributed by atoms with Crippen molar-refractivity contribution < 1.29 is 0 Å². The van der Waals surface area contributed by atoms with Crippen LogP contribution in [-0.4, -0.2) is 0 Å². The van der Waals surface area contributed by atoms with E-state index < -0.39 is 0 Å². The highest BCUT2D eigenvalue weighted by Gasteiger charge is 1.95. The lowest BCUT2D eigenvalue weighted by molar-refractivity contribution is 1.62. The van der Waals surface area contributed by atoms with E-state index in [1.165, 1.54) is 0 Å². The molecule has 2 rings (SSSR count). The predicted octanol–water partition coefficient (Wildman–Crippen LogP) is 2.19. The Bertz CT molecular complexity index is 509. The van der Waals surface area contributed by atoms with E-state index in [1.807, 2.05) is 36.4 Å². The van der Waals surface area contributed by atoms with Gasteiger partial charge < -0.3 is 22.9 Å². The normalized spacial score (nSPS) is 10.9. The Labute approximate surface area is 106 Å². The first-order valence-corrected chi connectivity index (χ1v) is 5.53. The zero-order chi connectivity index (χ0) is 13.1. The largest absolute Gasteiger partial charge is 0.399 e. The van der Waals surface area contributed by atoms with Crippen LogP contribution in [0.4, 0.5) is 22.7 Å². The van der Waals surface area contributed by atoms with E-state index in [1.54, 1.807) is 12.1 Å². The van der Waals surface area contributed by atoms with Crippen molar-refractivity contribution in [1.82, 2.24) is 0 Å². The zero-order valence-corrected chi connectivity index (χ0v) is 9.93. The number of hydrogen-bond donors (Lipinski definition) is 4. The number of rotatable bonds is 2. The second kappa shape index (κ2) is 4.71. The molecule has 2 aromatic carbocycles. The molecule has 0 saturated carbocycles. The van der Waals surface area contributed by atoms with E-state index in [0.29, 0.717) is 22.7 Å². The van der Waals surface area contributed by atoms with Crippen molar-refractivity contribution in [2.24, 2.45) is 0 Å². The van der Waals surface area contributed by atoms with Gasteiger partial charge in [0, 0.05) is 22.7 Å². The molecule has 0 aliphatic rings. The number of nitrogen functional groups attached to an aromatic ring is 4. The molecular weight excluding hydrogens is 224 g/mol. The maximum Gasteiger partial charge on any atom is 0.0340 e. The monoisotopic (exact) mass is 240 g/mol. The highest BCUT2D eigenvalue weighted by molar-refractivity contribution is 5.75. The van der Waals surface area contributed by atoms with E-state index in [2.05, 4.69) is 0 Å². The minimum absolute atomic E-state index is 0.640. The van der Waals surface area contributed by atoms with Gasteiger partial charge in [-0.3, -0.25) is 0 Å². The molecule has 92 valence electrons. The number of hydrogen-bond acceptors (Lipinski definition) is 4. The van der Waals surface area contributed by atoms with Gasteiger partial charge in [-0.25, -0.2) is 0 Å². The van der Waals surface area contributed by atoms with Gasteiger partial charge in [-0.1, -0.05) is 12.2 Å². The minimum Gasteiger partial charge on any atom is -0.399 e. The first-order chi connectivity index (χ1) is 8.52. The predicted molar refractivity (Wildman–Crippen MR) is 79.5 cm³/mol. The molecule has 0 radical (unpaired) electrons. The highest BCUT2D eigenvalue weighted by atomic mass is 14.6. The van der Waals surface area contributed by atoms with Crippen LogP contribution in [-0.2, 0) is 0 Å². The van der Waals surface area contributed by atoms with Crippen molar-refractivity contribution in [3.8, 4) is 0 Å². The van der Waals surface area contributed by atoms with Crippen molar-refractivity contribution in [1.29, 1.82) is 0 Å². The van der Waals surface area contributed by atoms with E-state index in [4.69, 9.17) is 22.9 Å². The van der Waals surface area contributed by atoms with E-state index in [-0.39, 0.29) is 0 Å². The van der Waals surface area contributed by atoms with Crippen LogP contribution in [0, 0.1) is 0 Å². The highest BCUT2D eigenvalue weighted by Crippen LogP contribution is 2.18. The molecule has 0 aromatic heterocycles. The van der Waals surface area contributed by atoms with Gasteiger partial charge in [0.15, 0.2) is 0 Å². The number of benzene rings is 2. The second-order valence-electron chi connectivity index (χ2n) is 4.20. The summed E-state index contributed by atoms with van der Waals surface area (Å²) in [5, 5.41) is 0. The van der Waals surface area contributed by atoms with E-state index >= 15 is 0 Å². The van der Waals surface area contributed by atoms with Crippen LogP contribution in [0.1, 0.15) is 11.1 Å². The molecule has 0 fully saturated rings. The summed E-state index contributed by atoms with van der Waals surface area (Å²) in [6.45, 7) is 0. The lowest BCUT2D eigenvalue weighted by Crippen LogP contribution is -1.91. The summed E-state index contributed by atoms with van der Waals surface area (Å²) < 4.78 is 0. The first-order valence-electron chi connectivity index (χ1n) is 5.53. The molecule has 18 heavy (non-hydrogen) atoms. The van der Waals surface area contributed by atoms with Crippen LogP contribution in [0.2, 0.25) is 0 Å². The Morgan fingerprint density at radius 3 is 1.06 bits per heavy atom. The third-order valence-electron chi connectivity index (χ3n) is 2.47. The topological polar surface area (TPSA) is 104 Å². The van der Waals surface area contributed by atoms with Crippen LogP contribution < -0.4 is 22.9 Å². The number of nitrogens with two attached hydrogens (primary N) is 4. The quantitative estimate of drug-likeness (QED) is 0.477. The van der Waals surface area contributed by atoms with Gasteiger partial charge in [0.1, 0.15) is 0 Å². The lowest BCUT2D eigenvalue weighted by Gasteiger charge is -2.01. The molecule has 0 saturated heterocycles. The summed E-state index contributed by atoms with van der Waals surface area (Å²) in [5.74, 6) is 0. The van der Waals surface area contributed by atoms with Gasteiger partial charge >= 0.3 is 0 Å². The Hall–Kier alpha value is -2.62. The van der Waals surface area contributed by atoms with Crippen LogP contribution in [0.3, 0.4) is 0 Å². The van der Waals surface area contributed by atoms with Gasteiger partial charge in [-0.2, -0.15) is 0 Å². The average molecular weight is 240 g/mol. The molecule has 2 aromatic rings. The van der Waals surface area contributed by atoms with Crippen molar-refractivity contribution >= 4 is 34.9 Å². The van der Waals surface area contributed by atoms with Crippen molar-refractivity contribution in [2.75, 3.05) is 22.9 Å². The Morgan fingerprint density at radius 2 is 0.778 bits per heavy atom. The van der Waals surface area contributed by atoms with E-state index in [0.717, 1.165) is 11.1 Å². The molecule has 0 spiro atoms. The summed E-state index contributed by atoms with van der Waals surface area (Å²) in [5.41, 5.74) is 27.3. The molecule has 0 heterocycles. The molecule has 4 heteroatoms. The SMILES string of the molecule is Nc1cc(N)cc(/C=C/c2cc(N)cc(N)c2)c1. The molecule has 0 unspecified atom stereocenters. The molecular formula is C14H16N4. The fourth-order valence-electron chi connectivity index (χ4n) is 1.79. The van der Waals surface area contributed by atoms with Crippen molar-refractivity contribution in [2.45, 2.75) is 0 Å². The van der Waals surface area contributed by atoms with E-state index in [9.17, 15) is 0 Å². The maximum absolute atomic E-state index is 5.72. The smallest absolute Gasteiger partial charge is 0.0340 e. The van der Waals surface area contributed by atoms with Gasteiger partial charge in [-0.05, 0) is 47.5 Å². The minimum atomic E-state index is 0.640. The third kappa shape index (κ3) is 2.95.